The number of nitrogens with one attached hydrogen (secondary N) is 2. The number of nitrogens with zero attached hydrogens (tertiary/aromatic N) is 1. The lowest BCUT2D eigenvalue weighted by molar-refractivity contribution is -0.138. The van der Waals surface area contributed by atoms with Gasteiger partial charge in [0.2, 0.25) is 5.91 Å². The summed E-state index contributed by atoms with van der Waals surface area (Å²) in [5.41, 5.74) is 0.856. The number of ether oxygens (including phenoxy) is 2. The van der Waals surface area contributed by atoms with E-state index in [9.17, 15) is 14.4 Å². The van der Waals surface area contributed by atoms with E-state index >= 15 is 0 Å². The van der Waals surface area contributed by atoms with E-state index in [1.54, 1.807) is 76.4 Å². The molecule has 2 aromatic rings. The molecule has 8 nitrogen and oxygen atoms in total. The Hall–Kier alpha value is -3.99. The van der Waals surface area contributed by atoms with Crippen molar-refractivity contribution in [1.82, 2.24) is 10.2 Å². The highest BCUT2D eigenvalue weighted by molar-refractivity contribution is 5.98. The maximum atomic E-state index is 13.7. The van der Waals surface area contributed by atoms with E-state index in [2.05, 4.69) is 16.6 Å². The van der Waals surface area contributed by atoms with Gasteiger partial charge in [-0.2, -0.15) is 0 Å². The van der Waals surface area contributed by atoms with Crippen LogP contribution in [-0.2, 0) is 14.3 Å². The molecule has 3 amide bonds. The molecule has 2 aromatic carbocycles. The van der Waals surface area contributed by atoms with Crippen LogP contribution in [0.3, 0.4) is 0 Å². The molecular weight excluding hydrogens is 458 g/mol. The number of rotatable bonds is 10. The topological polar surface area (TPSA) is 97.0 Å². The average molecular weight is 494 g/mol. The number of anilines is 1. The molecule has 36 heavy (non-hydrogen) atoms. The van der Waals surface area contributed by atoms with Crippen molar-refractivity contribution < 1.29 is 23.9 Å². The fourth-order valence-electron chi connectivity index (χ4n) is 3.49. The predicted octanol–water partition coefficient (Wildman–Crippen LogP) is 4.51. The molecule has 0 radical (unpaired) electrons. The Kier molecular flexibility index (Phi) is 10.4. The minimum absolute atomic E-state index is 0.297. The van der Waals surface area contributed by atoms with Gasteiger partial charge in [0.05, 0.1) is 7.11 Å². The number of terminal acetylenes is 1. The lowest BCUT2D eigenvalue weighted by Crippen LogP contribution is -2.47. The molecule has 0 aliphatic rings. The molecule has 8 heteroatoms. The monoisotopic (exact) mass is 493 g/mol. The van der Waals surface area contributed by atoms with Crippen molar-refractivity contribution in [2.45, 2.75) is 52.2 Å². The number of hydrogen-bond acceptors (Lipinski definition) is 5. The molecule has 0 saturated heterocycles. The van der Waals surface area contributed by atoms with Crippen LogP contribution >= 0.6 is 0 Å². The van der Waals surface area contributed by atoms with Crippen LogP contribution in [0.2, 0.25) is 0 Å². The molecular formula is C28H35N3O5. The molecule has 192 valence electrons. The van der Waals surface area contributed by atoms with E-state index < -0.39 is 29.6 Å². The minimum atomic E-state index is -1.01. The highest BCUT2D eigenvalue weighted by Crippen LogP contribution is 2.27. The van der Waals surface area contributed by atoms with Gasteiger partial charge in [-0.05, 0) is 63.1 Å². The molecule has 0 fully saturated rings. The molecule has 0 bridgehead atoms. The molecule has 1 unspecified atom stereocenters. The summed E-state index contributed by atoms with van der Waals surface area (Å²) in [5.74, 6) is 2.40. The predicted molar refractivity (Wildman–Crippen MR) is 140 cm³/mol. The van der Waals surface area contributed by atoms with Crippen molar-refractivity contribution >= 4 is 23.6 Å². The van der Waals surface area contributed by atoms with Crippen molar-refractivity contribution in [2.24, 2.45) is 0 Å². The van der Waals surface area contributed by atoms with Crippen LogP contribution in [0, 0.1) is 12.3 Å². The summed E-state index contributed by atoms with van der Waals surface area (Å²) < 4.78 is 10.4. The minimum Gasteiger partial charge on any atom is -0.497 e. The summed E-state index contributed by atoms with van der Waals surface area (Å²) >= 11 is 0. The van der Waals surface area contributed by atoms with E-state index in [-0.39, 0.29) is 6.54 Å². The highest BCUT2D eigenvalue weighted by Gasteiger charge is 2.33. The third-order valence-corrected chi connectivity index (χ3v) is 5.18. The van der Waals surface area contributed by atoms with Gasteiger partial charge in [-0.1, -0.05) is 37.5 Å². The van der Waals surface area contributed by atoms with E-state index in [4.69, 9.17) is 15.9 Å². The van der Waals surface area contributed by atoms with Crippen molar-refractivity contribution in [3.05, 3.63) is 59.7 Å². The molecule has 0 heterocycles. The number of benzene rings is 2. The molecule has 0 saturated carbocycles. The molecule has 0 aromatic heterocycles. The third kappa shape index (κ3) is 8.35. The van der Waals surface area contributed by atoms with Gasteiger partial charge in [-0.25, -0.2) is 4.79 Å². The Morgan fingerprint density at radius 1 is 1.08 bits per heavy atom. The van der Waals surface area contributed by atoms with Gasteiger partial charge in [0.1, 0.15) is 23.9 Å². The van der Waals surface area contributed by atoms with Crippen LogP contribution in [0.25, 0.3) is 0 Å². The zero-order valence-electron chi connectivity index (χ0n) is 21.6. The second kappa shape index (κ2) is 13.2. The van der Waals surface area contributed by atoms with E-state index in [1.807, 2.05) is 6.92 Å². The maximum Gasteiger partial charge on any atom is 0.408 e. The Labute approximate surface area is 213 Å². The molecule has 2 rings (SSSR count). The van der Waals surface area contributed by atoms with Crippen LogP contribution in [0.5, 0.6) is 5.75 Å². The maximum absolute atomic E-state index is 13.7. The summed E-state index contributed by atoms with van der Waals surface area (Å²) in [4.78, 5) is 40.6. The second-order valence-electron chi connectivity index (χ2n) is 9.15. The quantitative estimate of drug-likeness (QED) is 0.475. The van der Waals surface area contributed by atoms with Gasteiger partial charge < -0.3 is 25.0 Å². The summed E-state index contributed by atoms with van der Waals surface area (Å²) in [5, 5.41) is 5.38. The number of carbonyl (C=O) groups is 3. The number of methoxy groups -OCH3 is 1. The zero-order valence-corrected chi connectivity index (χ0v) is 21.6. The third-order valence-electron chi connectivity index (χ3n) is 5.18. The van der Waals surface area contributed by atoms with Crippen molar-refractivity contribution in [1.29, 1.82) is 0 Å². The number of amides is 3. The van der Waals surface area contributed by atoms with Crippen LogP contribution in [0.15, 0.2) is 48.5 Å². The number of carbonyl (C=O) groups excluding carboxylic acids is 3. The first-order valence-corrected chi connectivity index (χ1v) is 11.9. The molecule has 2 N–H and O–H groups in total. The van der Waals surface area contributed by atoms with E-state index in [0.717, 1.165) is 6.42 Å². The van der Waals surface area contributed by atoms with Crippen LogP contribution in [-0.4, -0.2) is 48.6 Å². The van der Waals surface area contributed by atoms with Gasteiger partial charge in [-0.3, -0.25) is 9.59 Å². The summed E-state index contributed by atoms with van der Waals surface area (Å²) in [6.07, 6.45) is 6.47. The SMILES string of the molecule is C#Cc1ccccc1C(C(=O)Nc1ccc(OC)cc1)N(CCCC)C(=O)CNC(=O)OC(C)(C)C. The molecule has 0 aliphatic heterocycles. The van der Waals surface area contributed by atoms with Crippen LogP contribution < -0.4 is 15.4 Å². The molecule has 1 atom stereocenters. The van der Waals surface area contributed by atoms with Crippen molar-refractivity contribution in [3.63, 3.8) is 0 Å². The summed E-state index contributed by atoms with van der Waals surface area (Å²) in [6.45, 7) is 7.16. The first-order chi connectivity index (χ1) is 17.1. The Morgan fingerprint density at radius 2 is 1.75 bits per heavy atom. The van der Waals surface area contributed by atoms with Crippen molar-refractivity contribution in [2.75, 3.05) is 25.5 Å². The molecule has 0 spiro atoms. The van der Waals surface area contributed by atoms with Gasteiger partial charge >= 0.3 is 6.09 Å². The normalized spacial score (nSPS) is 11.6. The summed E-state index contributed by atoms with van der Waals surface area (Å²) in [6, 6.07) is 12.9. The Balaban J connectivity index is 2.40. The van der Waals surface area contributed by atoms with Gasteiger partial charge in [0.15, 0.2) is 0 Å². The number of alkyl carbamates (subject to hydrolysis) is 1. The smallest absolute Gasteiger partial charge is 0.408 e. The van der Waals surface area contributed by atoms with E-state index in [1.165, 1.54) is 4.90 Å². The fourth-order valence-corrected chi connectivity index (χ4v) is 3.49. The largest absolute Gasteiger partial charge is 0.497 e. The van der Waals surface area contributed by atoms with Gasteiger partial charge in [-0.15, -0.1) is 6.42 Å². The lowest BCUT2D eigenvalue weighted by Gasteiger charge is -2.32. The van der Waals surface area contributed by atoms with E-state index in [0.29, 0.717) is 35.5 Å². The summed E-state index contributed by atoms with van der Waals surface area (Å²) in [7, 11) is 1.56. The average Bonchev–Trinajstić information content (AvgIpc) is 2.84. The zero-order chi connectivity index (χ0) is 26.7. The Morgan fingerprint density at radius 3 is 2.33 bits per heavy atom. The standard InChI is InChI=1S/C28H35N3O5/c1-7-9-18-31(24(32)19-29-27(34)36-28(3,4)5)25(23-13-11-10-12-20(23)8-2)26(33)30-21-14-16-22(35-6)17-15-21/h2,10-17,25H,7,9,18-19H2,1,3-6H3,(H,29,34)(H,30,33). The lowest BCUT2D eigenvalue weighted by atomic mass is 9.97. The number of hydrogen-bond donors (Lipinski definition) is 2. The first kappa shape index (κ1) is 28.2. The fraction of sp³-hybridized carbons (Fsp3) is 0.393. The van der Waals surface area contributed by atoms with Crippen molar-refractivity contribution in [3.8, 4) is 18.1 Å². The van der Waals surface area contributed by atoms with Gasteiger partial charge in [0.25, 0.3) is 5.91 Å². The van der Waals surface area contributed by atoms with Crippen LogP contribution in [0.4, 0.5) is 10.5 Å². The highest BCUT2D eigenvalue weighted by atomic mass is 16.6. The number of unbranched alkanes of at least 4 members (excludes halogenated alkanes) is 1. The van der Waals surface area contributed by atoms with Gasteiger partial charge in [0, 0.05) is 17.8 Å². The first-order valence-electron chi connectivity index (χ1n) is 11.9. The molecule has 0 aliphatic carbocycles. The Bertz CT molecular complexity index is 1080. The second-order valence-corrected chi connectivity index (χ2v) is 9.15. The van der Waals surface area contributed by atoms with Crippen LogP contribution in [0.1, 0.15) is 57.7 Å².